The number of benzene rings is 2. The summed E-state index contributed by atoms with van der Waals surface area (Å²) in [6.45, 7) is 8.71. The van der Waals surface area contributed by atoms with E-state index < -0.39 is 6.09 Å². The normalized spacial score (nSPS) is 10.8. The molecule has 0 aliphatic rings. The SMILES string of the molecule is CCOCCn1ccc2c(NC(=O)Cc3cccc(OC)c3)c(OC(=O)N(CC)CC)ccc21. The van der Waals surface area contributed by atoms with Crippen molar-refractivity contribution in [3.63, 3.8) is 0 Å². The number of aromatic nitrogens is 1. The number of amides is 2. The number of ether oxygens (including phenoxy) is 3. The van der Waals surface area contributed by atoms with E-state index in [0.29, 0.717) is 50.0 Å². The second-order valence-corrected chi connectivity index (χ2v) is 7.69. The first-order valence-electron chi connectivity index (χ1n) is 11.6. The molecule has 2 amide bonds. The van der Waals surface area contributed by atoms with Crippen LogP contribution in [0.3, 0.4) is 0 Å². The van der Waals surface area contributed by atoms with E-state index in [1.54, 1.807) is 18.1 Å². The summed E-state index contributed by atoms with van der Waals surface area (Å²) >= 11 is 0. The zero-order valence-corrected chi connectivity index (χ0v) is 20.3. The number of nitrogens with one attached hydrogen (secondary N) is 1. The van der Waals surface area contributed by atoms with Crippen LogP contribution >= 0.6 is 0 Å². The van der Waals surface area contributed by atoms with Gasteiger partial charge in [0.05, 0.1) is 31.3 Å². The smallest absolute Gasteiger partial charge is 0.415 e. The number of nitrogens with zero attached hydrogens (tertiary/aromatic N) is 2. The highest BCUT2D eigenvalue weighted by atomic mass is 16.6. The molecule has 0 aliphatic carbocycles. The van der Waals surface area contributed by atoms with Crippen molar-refractivity contribution in [3.8, 4) is 11.5 Å². The molecule has 34 heavy (non-hydrogen) atoms. The van der Waals surface area contributed by atoms with Gasteiger partial charge < -0.3 is 29.0 Å². The molecule has 1 N–H and O–H groups in total. The minimum Gasteiger partial charge on any atom is -0.497 e. The molecule has 3 rings (SSSR count). The number of anilines is 1. The first-order chi connectivity index (χ1) is 16.5. The van der Waals surface area contributed by atoms with E-state index in [0.717, 1.165) is 16.5 Å². The highest BCUT2D eigenvalue weighted by molar-refractivity contribution is 6.05. The lowest BCUT2D eigenvalue weighted by molar-refractivity contribution is -0.115. The van der Waals surface area contributed by atoms with Crippen molar-refractivity contribution in [2.75, 3.05) is 38.7 Å². The van der Waals surface area contributed by atoms with E-state index in [1.165, 1.54) is 0 Å². The van der Waals surface area contributed by atoms with Crippen molar-refractivity contribution in [2.24, 2.45) is 0 Å². The fourth-order valence-corrected chi connectivity index (χ4v) is 3.76. The third-order valence-electron chi connectivity index (χ3n) is 5.58. The molecule has 8 heteroatoms. The van der Waals surface area contributed by atoms with Gasteiger partial charge in [-0.1, -0.05) is 12.1 Å². The van der Waals surface area contributed by atoms with Crippen LogP contribution in [-0.4, -0.2) is 54.9 Å². The van der Waals surface area contributed by atoms with E-state index in [1.807, 2.05) is 63.4 Å². The van der Waals surface area contributed by atoms with Gasteiger partial charge in [0.2, 0.25) is 5.91 Å². The number of carbonyl (C=O) groups excluding carboxylic acids is 2. The minimum absolute atomic E-state index is 0.155. The molecule has 8 nitrogen and oxygen atoms in total. The number of carbonyl (C=O) groups is 2. The summed E-state index contributed by atoms with van der Waals surface area (Å²) < 4.78 is 18.5. The summed E-state index contributed by atoms with van der Waals surface area (Å²) in [5.74, 6) is 0.779. The highest BCUT2D eigenvalue weighted by Crippen LogP contribution is 2.35. The maximum Gasteiger partial charge on any atom is 0.415 e. The average molecular weight is 468 g/mol. The Hall–Kier alpha value is -3.52. The van der Waals surface area contributed by atoms with Crippen LogP contribution in [0.25, 0.3) is 10.9 Å². The fourth-order valence-electron chi connectivity index (χ4n) is 3.76. The molecule has 1 aromatic heterocycles. The Morgan fingerprint density at radius 2 is 1.85 bits per heavy atom. The van der Waals surface area contributed by atoms with E-state index in [2.05, 4.69) is 9.88 Å². The topological polar surface area (TPSA) is 82.0 Å². The first-order valence-corrected chi connectivity index (χ1v) is 11.6. The molecule has 0 unspecified atom stereocenters. The molecule has 0 aliphatic heterocycles. The fraction of sp³-hybridized carbons (Fsp3) is 0.385. The van der Waals surface area contributed by atoms with Gasteiger partial charge in [0.15, 0.2) is 5.75 Å². The summed E-state index contributed by atoms with van der Waals surface area (Å²) in [5, 5.41) is 3.77. The Balaban J connectivity index is 1.92. The molecule has 0 spiro atoms. The summed E-state index contributed by atoms with van der Waals surface area (Å²) in [4.78, 5) is 27.2. The molecule has 0 fully saturated rings. The third-order valence-corrected chi connectivity index (χ3v) is 5.58. The Bertz CT molecular complexity index is 1120. The maximum absolute atomic E-state index is 13.0. The molecule has 3 aromatic rings. The quantitative estimate of drug-likeness (QED) is 0.413. The Morgan fingerprint density at radius 3 is 2.56 bits per heavy atom. The first kappa shape index (κ1) is 25.1. The summed E-state index contributed by atoms with van der Waals surface area (Å²) in [7, 11) is 1.59. The van der Waals surface area contributed by atoms with Crippen LogP contribution in [0.1, 0.15) is 26.3 Å². The second-order valence-electron chi connectivity index (χ2n) is 7.69. The van der Waals surface area contributed by atoms with Crippen LogP contribution in [0.15, 0.2) is 48.7 Å². The van der Waals surface area contributed by atoms with Crippen molar-refractivity contribution < 1.29 is 23.8 Å². The van der Waals surface area contributed by atoms with Crippen LogP contribution in [-0.2, 0) is 22.5 Å². The lowest BCUT2D eigenvalue weighted by atomic mass is 10.1. The van der Waals surface area contributed by atoms with Gasteiger partial charge in [-0.3, -0.25) is 4.79 Å². The molecule has 0 bridgehead atoms. The van der Waals surface area contributed by atoms with E-state index in [9.17, 15) is 9.59 Å². The van der Waals surface area contributed by atoms with E-state index in [4.69, 9.17) is 14.2 Å². The van der Waals surface area contributed by atoms with Crippen molar-refractivity contribution in [1.82, 2.24) is 9.47 Å². The molecule has 2 aromatic carbocycles. The zero-order chi connectivity index (χ0) is 24.5. The minimum atomic E-state index is -0.455. The van der Waals surface area contributed by atoms with Crippen LogP contribution in [0.2, 0.25) is 0 Å². The van der Waals surface area contributed by atoms with Gasteiger partial charge >= 0.3 is 6.09 Å². The molecule has 0 atom stereocenters. The van der Waals surface area contributed by atoms with Gasteiger partial charge in [0.1, 0.15) is 5.75 Å². The number of methoxy groups -OCH3 is 1. The van der Waals surface area contributed by atoms with Crippen molar-refractivity contribution in [2.45, 2.75) is 33.7 Å². The molecule has 1 heterocycles. The second kappa shape index (κ2) is 12.1. The van der Waals surface area contributed by atoms with Crippen LogP contribution < -0.4 is 14.8 Å². The van der Waals surface area contributed by atoms with Crippen molar-refractivity contribution in [3.05, 3.63) is 54.2 Å². The van der Waals surface area contributed by atoms with Gasteiger partial charge in [0, 0.05) is 37.8 Å². The van der Waals surface area contributed by atoms with Crippen LogP contribution in [0.5, 0.6) is 11.5 Å². The van der Waals surface area contributed by atoms with Gasteiger partial charge in [-0.2, -0.15) is 0 Å². The molecule has 0 saturated heterocycles. The molecule has 182 valence electrons. The highest BCUT2D eigenvalue weighted by Gasteiger charge is 2.19. The molecular formula is C26H33N3O5. The Labute approximate surface area is 200 Å². The predicted octanol–water partition coefficient (Wildman–Crippen LogP) is 4.71. The standard InChI is InChI=1S/C26H33N3O5/c1-5-28(6-2)26(31)34-23-12-11-22-21(13-14-29(22)15-16-33-7-3)25(23)27-24(30)18-19-9-8-10-20(17-19)32-4/h8-14,17H,5-7,15-16,18H2,1-4H3,(H,27,30). The van der Waals surface area contributed by atoms with Gasteiger partial charge in [-0.15, -0.1) is 0 Å². The third kappa shape index (κ3) is 6.08. The van der Waals surface area contributed by atoms with Crippen LogP contribution in [0.4, 0.5) is 10.5 Å². The number of hydrogen-bond donors (Lipinski definition) is 1. The number of hydrogen-bond acceptors (Lipinski definition) is 5. The monoisotopic (exact) mass is 467 g/mol. The largest absolute Gasteiger partial charge is 0.497 e. The van der Waals surface area contributed by atoms with E-state index in [-0.39, 0.29) is 12.3 Å². The van der Waals surface area contributed by atoms with Crippen LogP contribution in [0, 0.1) is 0 Å². The van der Waals surface area contributed by atoms with Crippen molar-refractivity contribution in [1.29, 1.82) is 0 Å². The lowest BCUT2D eigenvalue weighted by Gasteiger charge is -2.20. The maximum atomic E-state index is 13.0. The van der Waals surface area contributed by atoms with Crippen molar-refractivity contribution >= 4 is 28.6 Å². The Morgan fingerprint density at radius 1 is 1.06 bits per heavy atom. The molecular weight excluding hydrogens is 434 g/mol. The number of rotatable bonds is 11. The number of fused-ring (bicyclic) bond motifs is 1. The molecule has 0 saturated carbocycles. The lowest BCUT2D eigenvalue weighted by Crippen LogP contribution is -2.33. The van der Waals surface area contributed by atoms with Gasteiger partial charge in [-0.05, 0) is 56.7 Å². The van der Waals surface area contributed by atoms with Gasteiger partial charge in [-0.25, -0.2) is 4.79 Å². The summed E-state index contributed by atoms with van der Waals surface area (Å²) in [5.41, 5.74) is 2.21. The van der Waals surface area contributed by atoms with E-state index >= 15 is 0 Å². The molecule has 0 radical (unpaired) electrons. The zero-order valence-electron chi connectivity index (χ0n) is 20.3. The summed E-state index contributed by atoms with van der Waals surface area (Å²) in [6, 6.07) is 12.9. The Kier molecular flexibility index (Phi) is 8.93. The van der Waals surface area contributed by atoms with Gasteiger partial charge in [0.25, 0.3) is 0 Å². The predicted molar refractivity (Wildman–Crippen MR) is 133 cm³/mol. The summed E-state index contributed by atoms with van der Waals surface area (Å²) in [6.07, 6.45) is 1.64. The average Bonchev–Trinajstić information content (AvgIpc) is 3.25.